The van der Waals surface area contributed by atoms with Crippen LogP contribution < -0.4 is 24.8 Å². The molecule has 1 atom stereocenters. The van der Waals surface area contributed by atoms with E-state index in [1.54, 1.807) is 0 Å². The summed E-state index contributed by atoms with van der Waals surface area (Å²) in [5.74, 6) is -1.96. The van der Waals surface area contributed by atoms with Gasteiger partial charge in [0.05, 0.1) is 31.5 Å². The number of hydrogen-bond acceptors (Lipinski definition) is 7. The van der Waals surface area contributed by atoms with Crippen LogP contribution in [0.2, 0.25) is 5.02 Å². The first-order valence-corrected chi connectivity index (χ1v) is 12.8. The Morgan fingerprint density at radius 1 is 0.976 bits per heavy atom. The topological polar surface area (TPSA) is 119 Å². The largest absolute Gasteiger partial charge is 0.494 e. The third-order valence-corrected chi connectivity index (χ3v) is 6.02. The monoisotopic (exact) mass is 615 g/mol. The van der Waals surface area contributed by atoms with Crippen LogP contribution in [0.25, 0.3) is 11.3 Å². The van der Waals surface area contributed by atoms with Crippen LogP contribution in [0.4, 0.5) is 17.6 Å². The minimum atomic E-state index is -5.28. The lowest BCUT2D eigenvalue weighted by Gasteiger charge is -2.30. The number of methoxy groups -OCH3 is 2. The summed E-state index contributed by atoms with van der Waals surface area (Å²) in [6.45, 7) is 2.35. The zero-order chi connectivity index (χ0) is 31.7. The van der Waals surface area contributed by atoms with Gasteiger partial charge in [-0.25, -0.2) is 9.37 Å². The lowest BCUT2D eigenvalue weighted by molar-refractivity contribution is -0.265. The van der Waals surface area contributed by atoms with E-state index in [0.29, 0.717) is 0 Å². The van der Waals surface area contributed by atoms with Gasteiger partial charge in [-0.05, 0) is 48.5 Å². The van der Waals surface area contributed by atoms with Crippen molar-refractivity contribution in [1.82, 2.24) is 15.6 Å². The highest BCUT2D eigenvalue weighted by atomic mass is 35.5. The molecule has 1 aromatic heterocycles. The van der Waals surface area contributed by atoms with Gasteiger partial charge in [-0.1, -0.05) is 25.4 Å². The number of hydrogen-bond donors (Lipinski definition) is 3. The van der Waals surface area contributed by atoms with Gasteiger partial charge in [0.15, 0.2) is 18.1 Å². The third kappa shape index (κ3) is 7.79. The number of ether oxygens (including phenoxy) is 3. The SMILES string of the molecule is CC.CNC(=O)COc1ccc(C(=O)NCC(O)(c2ccc(OC)c(-c3ccc(F)c(Cl)c3)n2)C(F)(F)F)cc1OC. The molecular weight excluding hydrogens is 586 g/mol. The molecule has 0 spiro atoms. The Bertz CT molecular complexity index is 1410. The summed E-state index contributed by atoms with van der Waals surface area (Å²) >= 11 is 5.82. The number of carbonyl (C=O) groups excluding carboxylic acids is 2. The van der Waals surface area contributed by atoms with Crippen LogP contribution in [-0.2, 0) is 10.4 Å². The van der Waals surface area contributed by atoms with E-state index in [9.17, 15) is 32.3 Å². The minimum Gasteiger partial charge on any atom is -0.494 e. The Labute approximate surface area is 244 Å². The van der Waals surface area contributed by atoms with Crippen LogP contribution in [0.15, 0.2) is 48.5 Å². The van der Waals surface area contributed by atoms with Gasteiger partial charge >= 0.3 is 6.18 Å². The van der Waals surface area contributed by atoms with Crippen molar-refractivity contribution < 1.29 is 46.5 Å². The summed E-state index contributed by atoms with van der Waals surface area (Å²) < 4.78 is 71.9. The van der Waals surface area contributed by atoms with Crippen LogP contribution in [0.5, 0.6) is 17.2 Å². The maximum absolute atomic E-state index is 14.2. The van der Waals surface area contributed by atoms with Gasteiger partial charge in [0.25, 0.3) is 11.8 Å². The van der Waals surface area contributed by atoms with Crippen LogP contribution in [-0.4, -0.2) is 62.5 Å². The van der Waals surface area contributed by atoms with Crippen LogP contribution in [0, 0.1) is 5.82 Å². The summed E-state index contributed by atoms with van der Waals surface area (Å²) in [7, 11) is 3.94. The Hall–Kier alpha value is -4.10. The highest BCUT2D eigenvalue weighted by Crippen LogP contribution is 2.40. The standard InChI is InChI=1S/C26H24ClF4N3O6.C2H6/c1-32-22(35)12-40-18-7-5-15(11-20(18)39-3)24(36)33-13-25(37,26(29,30)31)21-9-8-19(38-2)23(34-21)14-4-6-17(28)16(27)10-14;1-2/h4-11,37H,12-13H2,1-3H3,(H,32,35)(H,33,36);1-2H3. The first kappa shape index (κ1) is 34.1. The first-order valence-electron chi connectivity index (χ1n) is 12.4. The highest BCUT2D eigenvalue weighted by Gasteiger charge is 2.56. The molecule has 0 fully saturated rings. The number of nitrogens with zero attached hydrogens (tertiary/aromatic N) is 1. The molecule has 0 bridgehead atoms. The second-order valence-electron chi connectivity index (χ2n) is 8.24. The molecular formula is C28H30ClF4N3O6. The number of aliphatic hydroxyl groups is 1. The second kappa shape index (κ2) is 14.7. The van der Waals surface area contributed by atoms with Gasteiger partial charge in [-0.15, -0.1) is 0 Å². The smallest absolute Gasteiger partial charge is 0.424 e. The Kier molecular flexibility index (Phi) is 11.9. The molecule has 9 nitrogen and oxygen atoms in total. The van der Waals surface area contributed by atoms with Crippen LogP contribution in [0.3, 0.4) is 0 Å². The Balaban J connectivity index is 0.00000301. The van der Waals surface area contributed by atoms with Crippen molar-refractivity contribution in [1.29, 1.82) is 0 Å². The lowest BCUT2D eigenvalue weighted by Crippen LogP contribution is -2.51. The van der Waals surface area contributed by atoms with Gasteiger partial charge in [-0.2, -0.15) is 13.2 Å². The van der Waals surface area contributed by atoms with Crippen molar-refractivity contribution in [3.63, 3.8) is 0 Å². The summed E-state index contributed by atoms with van der Waals surface area (Å²) in [6.07, 6.45) is -5.28. The average Bonchev–Trinajstić information content (AvgIpc) is 2.99. The molecule has 3 N–H and O–H groups in total. The number of pyridine rings is 1. The zero-order valence-corrected chi connectivity index (χ0v) is 24.1. The van der Waals surface area contributed by atoms with Crippen molar-refractivity contribution in [3.05, 3.63) is 70.6 Å². The number of carbonyl (C=O) groups is 2. The number of nitrogens with one attached hydrogen (secondary N) is 2. The molecule has 0 aliphatic heterocycles. The fourth-order valence-electron chi connectivity index (χ4n) is 3.48. The van der Waals surface area contributed by atoms with E-state index in [2.05, 4.69) is 15.6 Å². The number of aromatic nitrogens is 1. The molecule has 1 unspecified atom stereocenters. The fraction of sp³-hybridized carbons (Fsp3) is 0.321. The fourth-order valence-corrected chi connectivity index (χ4v) is 3.66. The second-order valence-corrected chi connectivity index (χ2v) is 8.65. The van der Waals surface area contributed by atoms with Gasteiger partial charge < -0.3 is 30.0 Å². The van der Waals surface area contributed by atoms with E-state index in [0.717, 1.165) is 24.3 Å². The summed E-state index contributed by atoms with van der Waals surface area (Å²) in [6, 6.07) is 9.18. The Morgan fingerprint density at radius 2 is 1.62 bits per heavy atom. The molecule has 42 heavy (non-hydrogen) atoms. The van der Waals surface area contributed by atoms with E-state index in [1.165, 1.54) is 45.5 Å². The van der Waals surface area contributed by atoms with Crippen molar-refractivity contribution in [2.45, 2.75) is 25.6 Å². The molecule has 2 aromatic carbocycles. The number of rotatable bonds is 10. The van der Waals surface area contributed by atoms with E-state index < -0.39 is 41.6 Å². The molecule has 0 saturated heterocycles. The van der Waals surface area contributed by atoms with Gasteiger partial charge in [0.1, 0.15) is 17.3 Å². The van der Waals surface area contributed by atoms with Gasteiger partial charge in [0.2, 0.25) is 5.60 Å². The average molecular weight is 616 g/mol. The Morgan fingerprint density at radius 3 is 2.19 bits per heavy atom. The normalized spacial score (nSPS) is 12.3. The molecule has 0 aliphatic rings. The third-order valence-electron chi connectivity index (χ3n) is 5.73. The predicted molar refractivity (Wildman–Crippen MR) is 147 cm³/mol. The number of benzene rings is 2. The highest BCUT2D eigenvalue weighted by molar-refractivity contribution is 6.31. The summed E-state index contributed by atoms with van der Waals surface area (Å²) in [5.41, 5.74) is -4.61. The summed E-state index contributed by atoms with van der Waals surface area (Å²) in [4.78, 5) is 28.1. The quantitative estimate of drug-likeness (QED) is 0.278. The zero-order valence-electron chi connectivity index (χ0n) is 23.4. The number of likely N-dealkylation sites (N-methyl/N-ethyl adjacent to an activating group) is 1. The van der Waals surface area contributed by atoms with E-state index in [4.69, 9.17) is 25.8 Å². The van der Waals surface area contributed by atoms with Crippen molar-refractivity contribution in [2.24, 2.45) is 0 Å². The molecule has 0 aliphatic carbocycles. The van der Waals surface area contributed by atoms with E-state index >= 15 is 0 Å². The summed E-state index contributed by atoms with van der Waals surface area (Å²) in [5, 5.41) is 15.0. The molecule has 3 rings (SSSR count). The predicted octanol–water partition coefficient (Wildman–Crippen LogP) is 4.89. The van der Waals surface area contributed by atoms with Crippen LogP contribution >= 0.6 is 11.6 Å². The number of amides is 2. The maximum Gasteiger partial charge on any atom is 0.424 e. The van der Waals surface area contributed by atoms with Crippen molar-refractivity contribution >= 4 is 23.4 Å². The van der Waals surface area contributed by atoms with Gasteiger partial charge in [0, 0.05) is 18.2 Å². The number of halogens is 5. The molecule has 1 heterocycles. The molecule has 228 valence electrons. The molecule has 0 saturated carbocycles. The first-order chi connectivity index (χ1) is 19.8. The van der Waals surface area contributed by atoms with Crippen molar-refractivity contribution in [3.8, 4) is 28.5 Å². The van der Waals surface area contributed by atoms with Crippen molar-refractivity contribution in [2.75, 3.05) is 34.4 Å². The maximum atomic E-state index is 14.2. The minimum absolute atomic E-state index is 0.0332. The van der Waals surface area contributed by atoms with E-state index in [-0.39, 0.29) is 45.7 Å². The lowest BCUT2D eigenvalue weighted by atomic mass is 9.96. The van der Waals surface area contributed by atoms with E-state index in [1.807, 2.05) is 13.8 Å². The molecule has 0 radical (unpaired) electrons. The van der Waals surface area contributed by atoms with Gasteiger partial charge in [-0.3, -0.25) is 9.59 Å². The number of alkyl halides is 3. The van der Waals surface area contributed by atoms with Crippen LogP contribution in [0.1, 0.15) is 29.9 Å². The molecule has 3 aromatic rings. The molecule has 2 amide bonds. The molecule has 14 heteroatoms.